The van der Waals surface area contributed by atoms with Crippen molar-refractivity contribution in [1.82, 2.24) is 0 Å². The smallest absolute Gasteiger partial charge is 0.343 e. The number of hydrogen-bond donors (Lipinski definition) is 2. The molecule has 0 aliphatic rings. The lowest BCUT2D eigenvalue weighted by Crippen LogP contribution is -2.47. The van der Waals surface area contributed by atoms with E-state index >= 15 is 0 Å². The minimum atomic E-state index is -2.21. The molecule has 0 rings (SSSR count). The zero-order valence-electron chi connectivity index (χ0n) is 12.1. The molecule has 3 N–H and O–H groups in total. The fourth-order valence-electron chi connectivity index (χ4n) is 1.48. The number of rotatable bonds is 10. The standard InChI is InChI=1S/C12H21NO8/c1-3-18-9(14)7-12(21-17,8-10(15)19-4-2)11(16)20-6-5-13/h17H,3-8,13H2,1-2H3. The van der Waals surface area contributed by atoms with E-state index in [0.29, 0.717) is 0 Å². The average molecular weight is 307 g/mol. The van der Waals surface area contributed by atoms with Crippen LogP contribution in [0.2, 0.25) is 0 Å². The molecule has 0 amide bonds. The van der Waals surface area contributed by atoms with Crippen molar-refractivity contribution in [2.24, 2.45) is 5.73 Å². The number of ether oxygens (including phenoxy) is 3. The van der Waals surface area contributed by atoms with Crippen LogP contribution in [0.25, 0.3) is 0 Å². The van der Waals surface area contributed by atoms with Crippen LogP contribution in [0, 0.1) is 0 Å². The van der Waals surface area contributed by atoms with E-state index in [-0.39, 0.29) is 26.4 Å². The largest absolute Gasteiger partial charge is 0.466 e. The van der Waals surface area contributed by atoms with Gasteiger partial charge in [0.2, 0.25) is 5.60 Å². The molecule has 0 aliphatic heterocycles. The highest BCUT2D eigenvalue weighted by Gasteiger charge is 2.47. The van der Waals surface area contributed by atoms with Crippen LogP contribution in [0.1, 0.15) is 26.7 Å². The summed E-state index contributed by atoms with van der Waals surface area (Å²) in [4.78, 5) is 39.1. The highest BCUT2D eigenvalue weighted by molar-refractivity contribution is 5.90. The number of hydrogen-bond acceptors (Lipinski definition) is 9. The first-order chi connectivity index (χ1) is 9.95. The first kappa shape index (κ1) is 19.3. The lowest BCUT2D eigenvalue weighted by molar-refractivity contribution is -0.320. The minimum Gasteiger partial charge on any atom is -0.466 e. The lowest BCUT2D eigenvalue weighted by atomic mass is 9.95. The molecule has 0 atom stereocenters. The highest BCUT2D eigenvalue weighted by Crippen LogP contribution is 2.24. The van der Waals surface area contributed by atoms with E-state index < -0.39 is 36.4 Å². The van der Waals surface area contributed by atoms with Gasteiger partial charge in [-0.05, 0) is 13.8 Å². The van der Waals surface area contributed by atoms with Crippen LogP contribution in [0.4, 0.5) is 0 Å². The summed E-state index contributed by atoms with van der Waals surface area (Å²) in [5, 5.41) is 9.03. The molecule has 0 fully saturated rings. The normalized spacial score (nSPS) is 10.9. The van der Waals surface area contributed by atoms with Gasteiger partial charge < -0.3 is 19.9 Å². The second kappa shape index (κ2) is 10.1. The number of carbonyl (C=O) groups excluding carboxylic acids is 3. The molecule has 0 saturated carbocycles. The van der Waals surface area contributed by atoms with E-state index in [0.717, 1.165) is 0 Å². The van der Waals surface area contributed by atoms with Crippen LogP contribution in [0.3, 0.4) is 0 Å². The molecule has 0 unspecified atom stereocenters. The van der Waals surface area contributed by atoms with Crippen molar-refractivity contribution in [2.75, 3.05) is 26.4 Å². The van der Waals surface area contributed by atoms with Gasteiger partial charge in [0.1, 0.15) is 6.61 Å². The summed E-state index contributed by atoms with van der Waals surface area (Å²) in [6.07, 6.45) is -1.39. The van der Waals surface area contributed by atoms with Crippen molar-refractivity contribution in [3.05, 3.63) is 0 Å². The van der Waals surface area contributed by atoms with Crippen LogP contribution in [-0.4, -0.2) is 55.1 Å². The Balaban J connectivity index is 5.11. The van der Waals surface area contributed by atoms with Gasteiger partial charge in [0.15, 0.2) is 0 Å². The number of carbonyl (C=O) groups is 3. The van der Waals surface area contributed by atoms with Crippen molar-refractivity contribution >= 4 is 17.9 Å². The Morgan fingerprint density at radius 2 is 1.48 bits per heavy atom. The molecule has 0 spiro atoms. The molecule has 0 saturated heterocycles. The quantitative estimate of drug-likeness (QED) is 0.240. The van der Waals surface area contributed by atoms with Crippen LogP contribution < -0.4 is 5.73 Å². The van der Waals surface area contributed by atoms with Gasteiger partial charge in [-0.15, -0.1) is 0 Å². The van der Waals surface area contributed by atoms with E-state index in [9.17, 15) is 14.4 Å². The monoisotopic (exact) mass is 307 g/mol. The maximum atomic E-state index is 12.0. The SMILES string of the molecule is CCOC(=O)CC(CC(=O)OCC)(OO)C(=O)OCCN. The Labute approximate surface area is 122 Å². The molecular formula is C12H21NO8. The second-order valence-corrected chi connectivity index (χ2v) is 3.97. The van der Waals surface area contributed by atoms with Crippen LogP contribution in [0.15, 0.2) is 0 Å². The predicted octanol–water partition coefficient (Wildman–Crippen LogP) is -0.377. The molecular weight excluding hydrogens is 286 g/mol. The molecule has 122 valence electrons. The third kappa shape index (κ3) is 6.52. The first-order valence-corrected chi connectivity index (χ1v) is 6.46. The fraction of sp³-hybridized carbons (Fsp3) is 0.750. The summed E-state index contributed by atoms with van der Waals surface area (Å²) in [5.41, 5.74) is 2.98. The number of esters is 3. The molecule has 21 heavy (non-hydrogen) atoms. The van der Waals surface area contributed by atoms with Crippen LogP contribution in [-0.2, 0) is 33.5 Å². The van der Waals surface area contributed by atoms with Gasteiger partial charge in [-0.25, -0.2) is 9.68 Å². The molecule has 0 aromatic heterocycles. The average Bonchev–Trinajstić information content (AvgIpc) is 2.44. The van der Waals surface area contributed by atoms with Gasteiger partial charge in [-0.1, -0.05) is 0 Å². The summed E-state index contributed by atoms with van der Waals surface area (Å²) < 4.78 is 14.1. The first-order valence-electron chi connectivity index (χ1n) is 6.46. The fourth-order valence-corrected chi connectivity index (χ4v) is 1.48. The summed E-state index contributed by atoms with van der Waals surface area (Å²) in [6, 6.07) is 0. The van der Waals surface area contributed by atoms with E-state index in [2.05, 4.69) is 14.4 Å². The highest BCUT2D eigenvalue weighted by atomic mass is 17.1. The molecule has 0 bridgehead atoms. The maximum Gasteiger partial charge on any atom is 0.343 e. The Bertz CT molecular complexity index is 337. The number of nitrogens with two attached hydrogens (primary N) is 1. The van der Waals surface area contributed by atoms with Crippen molar-refractivity contribution < 1.29 is 38.7 Å². The van der Waals surface area contributed by atoms with Crippen LogP contribution in [0.5, 0.6) is 0 Å². The molecule has 9 nitrogen and oxygen atoms in total. The van der Waals surface area contributed by atoms with Crippen molar-refractivity contribution in [1.29, 1.82) is 0 Å². The van der Waals surface area contributed by atoms with Crippen molar-refractivity contribution in [3.8, 4) is 0 Å². The minimum absolute atomic E-state index is 0.0338. The molecule has 0 aliphatic carbocycles. The third-order valence-electron chi connectivity index (χ3n) is 2.37. The topological polar surface area (TPSA) is 134 Å². The molecule has 0 heterocycles. The zero-order chi connectivity index (χ0) is 16.3. The van der Waals surface area contributed by atoms with E-state index in [1.54, 1.807) is 13.8 Å². The van der Waals surface area contributed by atoms with Gasteiger partial charge in [-0.2, -0.15) is 0 Å². The van der Waals surface area contributed by atoms with Gasteiger partial charge >= 0.3 is 17.9 Å². The molecule has 0 aromatic rings. The van der Waals surface area contributed by atoms with Gasteiger partial charge in [0, 0.05) is 6.54 Å². The van der Waals surface area contributed by atoms with Gasteiger partial charge in [-0.3, -0.25) is 14.8 Å². The summed E-state index contributed by atoms with van der Waals surface area (Å²) in [5.74, 6) is -2.77. The maximum absolute atomic E-state index is 12.0. The predicted molar refractivity (Wildman–Crippen MR) is 69.0 cm³/mol. The Kier molecular flexibility index (Phi) is 9.26. The summed E-state index contributed by atoms with van der Waals surface area (Å²) >= 11 is 0. The van der Waals surface area contributed by atoms with E-state index in [1.165, 1.54) is 0 Å². The van der Waals surface area contributed by atoms with Gasteiger partial charge in [0.25, 0.3) is 0 Å². The Morgan fingerprint density at radius 3 is 1.81 bits per heavy atom. The van der Waals surface area contributed by atoms with E-state index in [1.807, 2.05) is 0 Å². The second-order valence-electron chi connectivity index (χ2n) is 3.97. The zero-order valence-corrected chi connectivity index (χ0v) is 12.1. The van der Waals surface area contributed by atoms with Gasteiger partial charge in [0.05, 0.1) is 26.1 Å². The molecule has 0 aromatic carbocycles. The Morgan fingerprint density at radius 1 is 1.00 bits per heavy atom. The van der Waals surface area contributed by atoms with Crippen molar-refractivity contribution in [2.45, 2.75) is 32.3 Å². The molecule has 9 heteroatoms. The van der Waals surface area contributed by atoms with Crippen molar-refractivity contribution in [3.63, 3.8) is 0 Å². The van der Waals surface area contributed by atoms with E-state index in [4.69, 9.17) is 15.7 Å². The van der Waals surface area contributed by atoms with Crippen LogP contribution >= 0.6 is 0 Å². The Hall–Kier alpha value is -1.71. The summed E-state index contributed by atoms with van der Waals surface area (Å²) in [6.45, 7) is 3.14. The third-order valence-corrected chi connectivity index (χ3v) is 2.37. The lowest BCUT2D eigenvalue weighted by Gasteiger charge is -2.26. The molecule has 0 radical (unpaired) electrons. The summed E-state index contributed by atoms with van der Waals surface area (Å²) in [7, 11) is 0.